The molecule has 2 aromatic carbocycles. The molecule has 6 nitrogen and oxygen atoms in total. The van der Waals surface area contributed by atoms with E-state index < -0.39 is 0 Å². The number of aryl methyl sites for hydroxylation is 2. The molecule has 2 heterocycles. The van der Waals surface area contributed by atoms with Crippen LogP contribution in [0.3, 0.4) is 0 Å². The second kappa shape index (κ2) is 10.7. The zero-order valence-electron chi connectivity index (χ0n) is 19.9. The maximum Gasteiger partial charge on any atom is 0.321 e. The minimum Gasteiger partial charge on any atom is -0.368 e. The summed E-state index contributed by atoms with van der Waals surface area (Å²) in [4.78, 5) is 31.8. The molecule has 4 rings (SSSR count). The lowest BCUT2D eigenvalue weighted by atomic mass is 9.93. The van der Waals surface area contributed by atoms with Crippen molar-refractivity contribution >= 4 is 23.3 Å². The number of carbonyl (C=O) groups is 2. The molecule has 0 spiro atoms. The fourth-order valence-electron chi connectivity index (χ4n) is 4.78. The van der Waals surface area contributed by atoms with Crippen molar-refractivity contribution in [3.63, 3.8) is 0 Å². The Morgan fingerprint density at radius 2 is 1.48 bits per heavy atom. The van der Waals surface area contributed by atoms with Crippen LogP contribution < -0.4 is 10.2 Å². The van der Waals surface area contributed by atoms with Gasteiger partial charge in [0, 0.05) is 57.1 Å². The van der Waals surface area contributed by atoms with Crippen LogP contribution in [0.15, 0.2) is 48.5 Å². The third kappa shape index (κ3) is 6.28. The quantitative estimate of drug-likeness (QED) is 0.723. The van der Waals surface area contributed by atoms with Crippen molar-refractivity contribution in [2.75, 3.05) is 49.5 Å². The number of hydrogen-bond donors (Lipinski definition) is 1. The van der Waals surface area contributed by atoms with E-state index in [0.717, 1.165) is 64.2 Å². The highest BCUT2D eigenvalue weighted by Crippen LogP contribution is 2.23. The Labute approximate surface area is 197 Å². The van der Waals surface area contributed by atoms with Gasteiger partial charge in [-0.15, -0.1) is 0 Å². The number of likely N-dealkylation sites (tertiary alicyclic amines) is 1. The van der Waals surface area contributed by atoms with Gasteiger partial charge in [-0.05, 0) is 63.3 Å². The van der Waals surface area contributed by atoms with Gasteiger partial charge in [-0.25, -0.2) is 4.79 Å². The summed E-state index contributed by atoms with van der Waals surface area (Å²) in [5.41, 5.74) is 4.50. The van der Waals surface area contributed by atoms with Gasteiger partial charge in [-0.2, -0.15) is 0 Å². The van der Waals surface area contributed by atoms with E-state index in [1.807, 2.05) is 41.0 Å². The number of benzene rings is 2. The highest BCUT2D eigenvalue weighted by atomic mass is 16.2. The Bertz CT molecular complexity index is 934. The molecule has 0 radical (unpaired) electrons. The predicted molar refractivity (Wildman–Crippen MR) is 134 cm³/mol. The third-order valence-corrected chi connectivity index (χ3v) is 6.91. The highest BCUT2D eigenvalue weighted by molar-refractivity contribution is 5.89. The molecule has 0 bridgehead atoms. The summed E-state index contributed by atoms with van der Waals surface area (Å²) in [7, 11) is 0. The summed E-state index contributed by atoms with van der Waals surface area (Å²) in [6.45, 7) is 8.96. The zero-order valence-corrected chi connectivity index (χ0v) is 19.9. The van der Waals surface area contributed by atoms with Gasteiger partial charge in [0.1, 0.15) is 0 Å². The van der Waals surface area contributed by atoms with Crippen molar-refractivity contribution in [3.05, 3.63) is 59.7 Å². The maximum atomic E-state index is 12.8. The number of anilines is 2. The first-order valence-corrected chi connectivity index (χ1v) is 12.2. The van der Waals surface area contributed by atoms with Crippen LogP contribution in [0, 0.1) is 19.8 Å². The average Bonchev–Trinajstić information content (AvgIpc) is 2.85. The van der Waals surface area contributed by atoms with Gasteiger partial charge in [0.2, 0.25) is 5.91 Å². The molecule has 0 aromatic heterocycles. The van der Waals surface area contributed by atoms with Crippen LogP contribution in [0.4, 0.5) is 16.2 Å². The van der Waals surface area contributed by atoms with E-state index >= 15 is 0 Å². The molecule has 33 heavy (non-hydrogen) atoms. The molecule has 2 aromatic rings. The number of amides is 3. The lowest BCUT2D eigenvalue weighted by Crippen LogP contribution is -2.49. The smallest absolute Gasteiger partial charge is 0.321 e. The lowest BCUT2D eigenvalue weighted by Gasteiger charge is -2.37. The zero-order chi connectivity index (χ0) is 23.2. The van der Waals surface area contributed by atoms with E-state index in [9.17, 15) is 9.59 Å². The van der Waals surface area contributed by atoms with Gasteiger partial charge in [-0.3, -0.25) is 4.79 Å². The van der Waals surface area contributed by atoms with E-state index in [1.165, 1.54) is 16.8 Å². The molecular weight excluding hydrogens is 412 g/mol. The van der Waals surface area contributed by atoms with Gasteiger partial charge in [0.05, 0.1) is 0 Å². The van der Waals surface area contributed by atoms with Crippen LogP contribution in [0.5, 0.6) is 0 Å². The second-order valence-electron chi connectivity index (χ2n) is 9.49. The van der Waals surface area contributed by atoms with Crippen molar-refractivity contribution in [1.29, 1.82) is 0 Å². The largest absolute Gasteiger partial charge is 0.368 e. The minimum atomic E-state index is -0.0397. The first-order chi connectivity index (χ1) is 16.0. The predicted octanol–water partition coefficient (Wildman–Crippen LogP) is 4.68. The number of urea groups is 1. The van der Waals surface area contributed by atoms with Crippen LogP contribution >= 0.6 is 0 Å². The number of carbonyl (C=O) groups excluding carboxylic acids is 2. The monoisotopic (exact) mass is 448 g/mol. The first kappa shape index (κ1) is 23.1. The Kier molecular flexibility index (Phi) is 7.53. The molecule has 2 aliphatic heterocycles. The summed E-state index contributed by atoms with van der Waals surface area (Å²) < 4.78 is 0. The first-order valence-electron chi connectivity index (χ1n) is 12.2. The second-order valence-corrected chi connectivity index (χ2v) is 9.49. The van der Waals surface area contributed by atoms with E-state index in [2.05, 4.69) is 41.4 Å². The van der Waals surface area contributed by atoms with Crippen LogP contribution in [-0.2, 0) is 4.79 Å². The number of piperidine rings is 1. The third-order valence-electron chi connectivity index (χ3n) is 6.91. The number of rotatable bonds is 5. The minimum absolute atomic E-state index is 0.0397. The number of piperazine rings is 1. The molecule has 176 valence electrons. The summed E-state index contributed by atoms with van der Waals surface area (Å²) in [5.74, 6) is 0.639. The molecule has 6 heteroatoms. The Morgan fingerprint density at radius 1 is 0.848 bits per heavy atom. The van der Waals surface area contributed by atoms with Crippen LogP contribution in [0.2, 0.25) is 0 Å². The van der Waals surface area contributed by atoms with Crippen molar-refractivity contribution < 1.29 is 9.59 Å². The Balaban J connectivity index is 1.20. The molecule has 2 fully saturated rings. The molecular formula is C27H36N4O2. The van der Waals surface area contributed by atoms with Crippen LogP contribution in [-0.4, -0.2) is 61.0 Å². The standard InChI is InChI=1S/C27H36N4O2/c1-21-5-10-24(11-6-21)28-27(33)31-15-3-4-23(20-31)9-14-26(32)30-18-16-29(17-19-30)25-12-7-22(2)8-13-25/h5-8,10-13,23H,3-4,9,14-20H2,1-2H3,(H,28,33). The molecule has 1 atom stereocenters. The van der Waals surface area contributed by atoms with Gasteiger partial charge in [-0.1, -0.05) is 35.4 Å². The topological polar surface area (TPSA) is 55.9 Å². The fourth-order valence-corrected chi connectivity index (χ4v) is 4.78. The van der Waals surface area contributed by atoms with Crippen LogP contribution in [0.1, 0.15) is 36.8 Å². The molecule has 1 unspecified atom stereocenters. The molecule has 2 aliphatic rings. The van der Waals surface area contributed by atoms with Crippen LogP contribution in [0.25, 0.3) is 0 Å². The number of nitrogens with zero attached hydrogens (tertiary/aromatic N) is 3. The summed E-state index contributed by atoms with van der Waals surface area (Å²) in [6.07, 6.45) is 3.51. The molecule has 0 saturated carbocycles. The summed E-state index contributed by atoms with van der Waals surface area (Å²) in [5, 5.41) is 3.00. The van der Waals surface area contributed by atoms with Gasteiger partial charge in [0.15, 0.2) is 0 Å². The van der Waals surface area contributed by atoms with E-state index in [1.54, 1.807) is 0 Å². The van der Waals surface area contributed by atoms with E-state index in [4.69, 9.17) is 0 Å². The molecule has 2 saturated heterocycles. The van der Waals surface area contributed by atoms with Crippen molar-refractivity contribution in [2.24, 2.45) is 5.92 Å². The lowest BCUT2D eigenvalue weighted by molar-refractivity contribution is -0.131. The molecule has 0 aliphatic carbocycles. The molecule has 3 amide bonds. The van der Waals surface area contributed by atoms with Crippen molar-refractivity contribution in [3.8, 4) is 0 Å². The summed E-state index contributed by atoms with van der Waals surface area (Å²) >= 11 is 0. The number of hydrogen-bond acceptors (Lipinski definition) is 3. The Hall–Kier alpha value is -3.02. The summed E-state index contributed by atoms with van der Waals surface area (Å²) in [6, 6.07) is 16.4. The van der Waals surface area contributed by atoms with Crippen molar-refractivity contribution in [1.82, 2.24) is 9.80 Å². The normalized spacial score (nSPS) is 18.8. The SMILES string of the molecule is Cc1ccc(NC(=O)N2CCCC(CCC(=O)N3CCN(c4ccc(C)cc4)CC3)C2)cc1. The van der Waals surface area contributed by atoms with E-state index in [-0.39, 0.29) is 11.9 Å². The molecule has 1 N–H and O–H groups in total. The number of nitrogens with one attached hydrogen (secondary N) is 1. The average molecular weight is 449 g/mol. The van der Waals surface area contributed by atoms with E-state index in [0.29, 0.717) is 12.3 Å². The van der Waals surface area contributed by atoms with Gasteiger partial charge >= 0.3 is 6.03 Å². The van der Waals surface area contributed by atoms with Gasteiger partial charge in [0.25, 0.3) is 0 Å². The van der Waals surface area contributed by atoms with Crippen molar-refractivity contribution in [2.45, 2.75) is 39.5 Å². The highest BCUT2D eigenvalue weighted by Gasteiger charge is 2.26. The fraction of sp³-hybridized carbons (Fsp3) is 0.481. The Morgan fingerprint density at radius 3 is 2.15 bits per heavy atom. The van der Waals surface area contributed by atoms with Gasteiger partial charge < -0.3 is 20.0 Å². The maximum absolute atomic E-state index is 12.8.